The number of aliphatic hydroxyl groups is 1. The van der Waals surface area contributed by atoms with Gasteiger partial charge in [-0.15, -0.1) is 0 Å². The van der Waals surface area contributed by atoms with Crippen LogP contribution in [0.25, 0.3) is 0 Å². The fourth-order valence-corrected chi connectivity index (χ4v) is 7.87. The SMILES string of the molecule is C[C@@H]1CN(c2ccc(C(=O)O)cc2Cl)CCN1c1cccc(C(=O)NC2[C@@H]3CC4C[C@@H]2CC(O)(C4)C3)n1. The number of aromatic carboxylic acids is 1. The van der Waals surface area contributed by atoms with E-state index >= 15 is 0 Å². The van der Waals surface area contributed by atoms with Gasteiger partial charge in [-0.3, -0.25) is 4.79 Å². The lowest BCUT2D eigenvalue weighted by Gasteiger charge is -2.58. The highest BCUT2D eigenvalue weighted by Gasteiger charge is 2.55. The standard InChI is InChI=1S/C28H33ClN4O4/c1-16-15-32(23-6-5-18(27(35)36)11-21(23)29)7-8-33(16)24-4-2-3-22(30-24)26(34)31-25-19-9-17-10-20(25)14-28(37,12-17)13-19/h2-6,11,16-17,19-20,25,37H,7-10,12-15H2,1H3,(H,31,34)(H,35,36)/t16-,17?,19-,20-,25?,28?/m1/s1. The predicted octanol–water partition coefficient (Wildman–Crippen LogP) is 3.82. The first-order valence-corrected chi connectivity index (χ1v) is 13.6. The van der Waals surface area contributed by atoms with Crippen LogP contribution >= 0.6 is 11.6 Å². The molecule has 8 nitrogen and oxygen atoms in total. The van der Waals surface area contributed by atoms with E-state index in [2.05, 4.69) is 22.0 Å². The summed E-state index contributed by atoms with van der Waals surface area (Å²) >= 11 is 6.41. The molecule has 3 N–H and O–H groups in total. The van der Waals surface area contributed by atoms with Crippen molar-refractivity contribution in [2.24, 2.45) is 17.8 Å². The quantitative estimate of drug-likeness (QED) is 0.546. The minimum atomic E-state index is -0.998. The van der Waals surface area contributed by atoms with E-state index in [1.807, 2.05) is 12.1 Å². The van der Waals surface area contributed by atoms with Crippen LogP contribution in [0, 0.1) is 17.8 Å². The van der Waals surface area contributed by atoms with Gasteiger partial charge in [-0.05, 0) is 87.1 Å². The molecule has 1 amide bonds. The number of halogens is 1. The van der Waals surface area contributed by atoms with E-state index in [0.717, 1.165) is 43.6 Å². The van der Waals surface area contributed by atoms with Gasteiger partial charge < -0.3 is 25.3 Å². The summed E-state index contributed by atoms with van der Waals surface area (Å²) in [4.78, 5) is 33.6. The summed E-state index contributed by atoms with van der Waals surface area (Å²) < 4.78 is 0. The highest BCUT2D eigenvalue weighted by molar-refractivity contribution is 6.33. The number of amides is 1. The number of piperazine rings is 1. The fourth-order valence-electron chi connectivity index (χ4n) is 7.57. The summed E-state index contributed by atoms with van der Waals surface area (Å²) in [6.07, 6.45) is 4.71. The molecule has 5 aliphatic rings. The number of nitrogens with one attached hydrogen (secondary N) is 1. The van der Waals surface area contributed by atoms with Gasteiger partial charge in [-0.25, -0.2) is 9.78 Å². The van der Waals surface area contributed by atoms with Gasteiger partial charge >= 0.3 is 5.97 Å². The van der Waals surface area contributed by atoms with Crippen molar-refractivity contribution in [3.8, 4) is 0 Å². The molecule has 1 aromatic heterocycles. The van der Waals surface area contributed by atoms with Crippen LogP contribution in [0.15, 0.2) is 36.4 Å². The third-order valence-corrected chi connectivity index (χ3v) is 9.27. The van der Waals surface area contributed by atoms with E-state index < -0.39 is 11.6 Å². The molecule has 2 aromatic rings. The van der Waals surface area contributed by atoms with E-state index in [1.54, 1.807) is 18.2 Å². The molecular weight excluding hydrogens is 492 g/mol. The van der Waals surface area contributed by atoms with Crippen molar-refractivity contribution in [3.63, 3.8) is 0 Å². The number of pyridine rings is 1. The van der Waals surface area contributed by atoms with Crippen molar-refractivity contribution in [3.05, 3.63) is 52.7 Å². The zero-order valence-corrected chi connectivity index (χ0v) is 21.7. The minimum absolute atomic E-state index is 0.111. The third kappa shape index (κ3) is 4.55. The molecule has 9 heteroatoms. The molecule has 1 aromatic carbocycles. The molecular formula is C28H33ClN4O4. The summed E-state index contributed by atoms with van der Waals surface area (Å²) in [5.41, 5.74) is 0.896. The third-order valence-electron chi connectivity index (χ3n) is 8.96. The van der Waals surface area contributed by atoms with Gasteiger partial charge in [0.1, 0.15) is 11.5 Å². The molecule has 1 saturated heterocycles. The summed E-state index contributed by atoms with van der Waals surface area (Å²) in [7, 11) is 0. The van der Waals surface area contributed by atoms with Gasteiger partial charge in [0.05, 0.1) is 21.9 Å². The van der Waals surface area contributed by atoms with Gasteiger partial charge in [0.15, 0.2) is 0 Å². The number of aromatic nitrogens is 1. The Labute approximate surface area is 221 Å². The van der Waals surface area contributed by atoms with Crippen molar-refractivity contribution in [2.75, 3.05) is 29.4 Å². The Balaban J connectivity index is 1.13. The Bertz CT molecular complexity index is 1220. The Kier molecular flexibility index (Phi) is 6.07. The number of hydrogen-bond acceptors (Lipinski definition) is 6. The topological polar surface area (TPSA) is 106 Å². The predicted molar refractivity (Wildman–Crippen MR) is 141 cm³/mol. The van der Waals surface area contributed by atoms with Gasteiger partial charge in [0, 0.05) is 31.7 Å². The van der Waals surface area contributed by atoms with E-state index in [4.69, 9.17) is 16.6 Å². The normalized spacial score (nSPS) is 32.5. The largest absolute Gasteiger partial charge is 0.478 e. The molecule has 1 aliphatic heterocycles. The fraction of sp³-hybridized carbons (Fsp3) is 0.536. The average molecular weight is 525 g/mol. The molecule has 7 rings (SSSR count). The number of carbonyl (C=O) groups is 2. The number of nitrogens with zero attached hydrogens (tertiary/aromatic N) is 3. The lowest BCUT2D eigenvalue weighted by Crippen LogP contribution is -2.61. The monoisotopic (exact) mass is 524 g/mol. The van der Waals surface area contributed by atoms with E-state index in [-0.39, 0.29) is 23.6 Å². The van der Waals surface area contributed by atoms with Crippen molar-refractivity contribution in [1.82, 2.24) is 10.3 Å². The summed E-state index contributed by atoms with van der Waals surface area (Å²) in [5.74, 6) is 0.944. The summed E-state index contributed by atoms with van der Waals surface area (Å²) in [5, 5.41) is 23.8. The van der Waals surface area contributed by atoms with E-state index in [9.17, 15) is 19.8 Å². The second kappa shape index (κ2) is 9.17. The first-order valence-electron chi connectivity index (χ1n) is 13.2. The van der Waals surface area contributed by atoms with Crippen LogP contribution in [0.3, 0.4) is 0 Å². The Morgan fingerprint density at radius 2 is 1.86 bits per heavy atom. The second-order valence-electron chi connectivity index (χ2n) is 11.5. The van der Waals surface area contributed by atoms with E-state index in [0.29, 0.717) is 48.1 Å². The molecule has 0 radical (unpaired) electrons. The van der Waals surface area contributed by atoms with Crippen LogP contribution < -0.4 is 15.1 Å². The van der Waals surface area contributed by atoms with Crippen molar-refractivity contribution in [2.45, 2.75) is 56.7 Å². The number of carbonyl (C=O) groups excluding carboxylic acids is 1. The summed E-state index contributed by atoms with van der Waals surface area (Å²) in [6.45, 7) is 4.20. The number of carboxylic acids is 1. The van der Waals surface area contributed by atoms with Crippen LogP contribution in [-0.4, -0.2) is 64.4 Å². The molecule has 0 spiro atoms. The van der Waals surface area contributed by atoms with Crippen molar-refractivity contribution in [1.29, 1.82) is 0 Å². The molecule has 4 bridgehead atoms. The smallest absolute Gasteiger partial charge is 0.335 e. The number of hydrogen-bond donors (Lipinski definition) is 3. The number of carboxylic acid groups (broad SMARTS) is 1. The highest BCUT2D eigenvalue weighted by atomic mass is 35.5. The van der Waals surface area contributed by atoms with Crippen molar-refractivity contribution >= 4 is 35.0 Å². The lowest BCUT2D eigenvalue weighted by atomic mass is 9.52. The van der Waals surface area contributed by atoms with Crippen LogP contribution in [0.5, 0.6) is 0 Å². The van der Waals surface area contributed by atoms with Crippen LogP contribution in [0.2, 0.25) is 5.02 Å². The maximum absolute atomic E-state index is 13.3. The average Bonchev–Trinajstić information content (AvgIpc) is 2.85. The van der Waals surface area contributed by atoms with Crippen LogP contribution in [0.1, 0.15) is 59.9 Å². The lowest BCUT2D eigenvalue weighted by molar-refractivity contribution is -0.136. The molecule has 37 heavy (non-hydrogen) atoms. The van der Waals surface area contributed by atoms with Crippen LogP contribution in [0.4, 0.5) is 11.5 Å². The maximum atomic E-state index is 13.3. The molecule has 196 valence electrons. The number of rotatable bonds is 5. The van der Waals surface area contributed by atoms with Crippen LogP contribution in [-0.2, 0) is 0 Å². The number of anilines is 2. The van der Waals surface area contributed by atoms with Gasteiger partial charge in [-0.1, -0.05) is 17.7 Å². The van der Waals surface area contributed by atoms with Gasteiger partial charge in [0.2, 0.25) is 0 Å². The Morgan fingerprint density at radius 1 is 1.11 bits per heavy atom. The first kappa shape index (κ1) is 24.5. The maximum Gasteiger partial charge on any atom is 0.335 e. The molecule has 4 saturated carbocycles. The molecule has 0 unspecified atom stereocenters. The summed E-state index contributed by atoms with van der Waals surface area (Å²) in [6, 6.07) is 10.7. The highest BCUT2D eigenvalue weighted by Crippen LogP contribution is 2.55. The minimum Gasteiger partial charge on any atom is -0.478 e. The second-order valence-corrected chi connectivity index (χ2v) is 11.9. The van der Waals surface area contributed by atoms with E-state index in [1.165, 1.54) is 6.07 Å². The van der Waals surface area contributed by atoms with Crippen molar-refractivity contribution < 1.29 is 19.8 Å². The Morgan fingerprint density at radius 3 is 2.51 bits per heavy atom. The molecule has 4 aliphatic carbocycles. The molecule has 2 heterocycles. The number of benzene rings is 1. The Hall–Kier alpha value is -2.84. The van der Waals surface area contributed by atoms with Gasteiger partial charge in [0.25, 0.3) is 5.91 Å². The first-order chi connectivity index (χ1) is 17.7. The molecule has 5 fully saturated rings. The zero-order chi connectivity index (χ0) is 25.9. The zero-order valence-electron chi connectivity index (χ0n) is 20.9. The van der Waals surface area contributed by atoms with Gasteiger partial charge in [-0.2, -0.15) is 0 Å². The molecule has 3 atom stereocenters.